The molecule has 2 aliphatic rings. The minimum absolute atomic E-state index is 0.0167. The molecule has 2 fully saturated rings. The third-order valence-corrected chi connectivity index (χ3v) is 5.79. The van der Waals surface area contributed by atoms with Gasteiger partial charge in [-0.25, -0.2) is 0 Å². The molecule has 154 valence electrons. The largest absolute Gasteiger partial charge is 0.493 e. The van der Waals surface area contributed by atoms with Gasteiger partial charge >= 0.3 is 0 Å². The molecule has 0 bridgehead atoms. The Morgan fingerprint density at radius 1 is 0.929 bits per heavy atom. The number of nitrogens with zero attached hydrogens (tertiary/aromatic N) is 3. The number of piperidine rings is 1. The molecule has 2 aliphatic heterocycles. The van der Waals surface area contributed by atoms with Gasteiger partial charge in [-0.3, -0.25) is 14.5 Å². The molecule has 1 aromatic rings. The van der Waals surface area contributed by atoms with Crippen LogP contribution in [0, 0.1) is 5.92 Å². The summed E-state index contributed by atoms with van der Waals surface area (Å²) in [5.74, 6) is 2.07. The topological polar surface area (TPSA) is 62.3 Å². The normalized spacial score (nSPS) is 18.8. The quantitative estimate of drug-likeness (QED) is 0.767. The Labute approximate surface area is 167 Å². The van der Waals surface area contributed by atoms with E-state index >= 15 is 0 Å². The average molecular weight is 389 g/mol. The van der Waals surface area contributed by atoms with Crippen LogP contribution in [0.4, 0.5) is 0 Å². The fourth-order valence-corrected chi connectivity index (χ4v) is 3.81. The maximum absolute atomic E-state index is 12.8. The zero-order chi connectivity index (χ0) is 20.1. The number of carbonyl (C=O) groups is 2. The van der Waals surface area contributed by atoms with Crippen LogP contribution in [0.25, 0.3) is 0 Å². The van der Waals surface area contributed by atoms with Crippen LogP contribution in [0.3, 0.4) is 0 Å². The van der Waals surface area contributed by atoms with Gasteiger partial charge in [0.15, 0.2) is 11.5 Å². The molecule has 1 aromatic carbocycles. The minimum Gasteiger partial charge on any atom is -0.493 e. The Morgan fingerprint density at radius 3 is 2.18 bits per heavy atom. The van der Waals surface area contributed by atoms with Crippen molar-refractivity contribution in [3.63, 3.8) is 0 Å². The minimum atomic E-state index is -0.0167. The first-order valence-electron chi connectivity index (χ1n) is 10.0. The van der Waals surface area contributed by atoms with Gasteiger partial charge in [-0.15, -0.1) is 0 Å². The molecule has 0 unspecified atom stereocenters. The summed E-state index contributed by atoms with van der Waals surface area (Å²) in [5, 5.41) is 0. The van der Waals surface area contributed by atoms with Crippen LogP contribution in [-0.4, -0.2) is 86.5 Å². The van der Waals surface area contributed by atoms with Crippen LogP contribution < -0.4 is 9.47 Å². The molecule has 0 atom stereocenters. The first kappa shape index (κ1) is 20.5. The fourth-order valence-electron chi connectivity index (χ4n) is 3.81. The highest BCUT2D eigenvalue weighted by atomic mass is 16.5. The van der Waals surface area contributed by atoms with Gasteiger partial charge in [0.1, 0.15) is 0 Å². The number of hydrogen-bond donors (Lipinski definition) is 0. The highest BCUT2D eigenvalue weighted by Gasteiger charge is 2.26. The second-order valence-electron chi connectivity index (χ2n) is 7.70. The molecule has 7 nitrogen and oxygen atoms in total. The first-order chi connectivity index (χ1) is 13.5. The van der Waals surface area contributed by atoms with E-state index in [4.69, 9.17) is 9.47 Å². The molecule has 2 saturated heterocycles. The molecule has 0 radical (unpaired) electrons. The lowest BCUT2D eigenvalue weighted by molar-refractivity contribution is -0.134. The van der Waals surface area contributed by atoms with Crippen molar-refractivity contribution in [3.8, 4) is 11.5 Å². The van der Waals surface area contributed by atoms with Gasteiger partial charge < -0.3 is 19.3 Å². The number of methoxy groups -OCH3 is 2. The molecule has 2 amide bonds. The summed E-state index contributed by atoms with van der Waals surface area (Å²) >= 11 is 0. The lowest BCUT2D eigenvalue weighted by Gasteiger charge is -2.36. The van der Waals surface area contributed by atoms with Gasteiger partial charge in [0, 0.05) is 44.8 Å². The van der Waals surface area contributed by atoms with E-state index in [-0.39, 0.29) is 11.8 Å². The standard InChI is InChI=1S/C21H31N3O4/c1-16-6-8-23(9-7-16)20(25)15-22-10-12-24(13-11-22)21(26)17-4-5-18(27-2)19(14-17)28-3/h4-5,14,16H,6-13,15H2,1-3H3. The highest BCUT2D eigenvalue weighted by Crippen LogP contribution is 2.28. The van der Waals surface area contributed by atoms with E-state index < -0.39 is 0 Å². The van der Waals surface area contributed by atoms with Crippen LogP contribution in [0.1, 0.15) is 30.1 Å². The molecule has 3 rings (SSSR count). The molecule has 0 saturated carbocycles. The lowest BCUT2D eigenvalue weighted by Crippen LogP contribution is -2.52. The maximum Gasteiger partial charge on any atom is 0.254 e. The van der Waals surface area contributed by atoms with Gasteiger partial charge in [-0.05, 0) is 37.0 Å². The van der Waals surface area contributed by atoms with Crippen molar-refractivity contribution in [2.24, 2.45) is 5.92 Å². The van der Waals surface area contributed by atoms with E-state index in [2.05, 4.69) is 11.8 Å². The number of ether oxygens (including phenoxy) is 2. The van der Waals surface area contributed by atoms with Crippen molar-refractivity contribution < 1.29 is 19.1 Å². The summed E-state index contributed by atoms with van der Waals surface area (Å²) in [6.07, 6.45) is 2.19. The monoisotopic (exact) mass is 389 g/mol. The lowest BCUT2D eigenvalue weighted by atomic mass is 9.99. The molecule has 0 spiro atoms. The zero-order valence-electron chi connectivity index (χ0n) is 17.1. The van der Waals surface area contributed by atoms with Gasteiger partial charge in [0.05, 0.1) is 20.8 Å². The molecule has 7 heteroatoms. The first-order valence-corrected chi connectivity index (χ1v) is 10.0. The summed E-state index contributed by atoms with van der Waals surface area (Å²) in [6, 6.07) is 5.23. The molecule has 0 aliphatic carbocycles. The van der Waals surface area contributed by atoms with E-state index in [1.807, 2.05) is 9.80 Å². The van der Waals surface area contributed by atoms with E-state index in [0.29, 0.717) is 36.7 Å². The fraction of sp³-hybridized carbons (Fsp3) is 0.619. The van der Waals surface area contributed by atoms with Crippen LogP contribution >= 0.6 is 0 Å². The molecule has 2 heterocycles. The molecule has 0 aromatic heterocycles. The van der Waals surface area contributed by atoms with Crippen molar-refractivity contribution in [2.75, 3.05) is 60.0 Å². The predicted octanol–water partition coefficient (Wildman–Crippen LogP) is 1.72. The number of benzene rings is 1. The predicted molar refractivity (Wildman–Crippen MR) is 107 cm³/mol. The Hall–Kier alpha value is -2.28. The van der Waals surface area contributed by atoms with Gasteiger partial charge in [-0.1, -0.05) is 6.92 Å². The van der Waals surface area contributed by atoms with Crippen LogP contribution in [0.5, 0.6) is 11.5 Å². The van der Waals surface area contributed by atoms with Crippen molar-refractivity contribution in [3.05, 3.63) is 23.8 Å². The Bertz CT molecular complexity index is 693. The number of carbonyl (C=O) groups excluding carboxylic acids is 2. The van der Waals surface area contributed by atoms with E-state index in [0.717, 1.165) is 44.9 Å². The number of likely N-dealkylation sites (tertiary alicyclic amines) is 1. The highest BCUT2D eigenvalue weighted by molar-refractivity contribution is 5.95. The maximum atomic E-state index is 12.8. The van der Waals surface area contributed by atoms with Gasteiger partial charge in [0.2, 0.25) is 5.91 Å². The molecular weight excluding hydrogens is 358 g/mol. The third kappa shape index (κ3) is 4.76. The van der Waals surface area contributed by atoms with Crippen molar-refractivity contribution in [1.29, 1.82) is 0 Å². The van der Waals surface area contributed by atoms with Crippen LogP contribution in [0.15, 0.2) is 18.2 Å². The molecule has 28 heavy (non-hydrogen) atoms. The molecular formula is C21H31N3O4. The number of amides is 2. The zero-order valence-corrected chi connectivity index (χ0v) is 17.1. The number of rotatable bonds is 5. The van der Waals surface area contributed by atoms with Crippen molar-refractivity contribution in [1.82, 2.24) is 14.7 Å². The number of piperazine rings is 1. The summed E-state index contributed by atoms with van der Waals surface area (Å²) in [5.41, 5.74) is 0.588. The SMILES string of the molecule is COc1ccc(C(=O)N2CCN(CC(=O)N3CCC(C)CC3)CC2)cc1OC. The average Bonchev–Trinajstić information content (AvgIpc) is 2.73. The summed E-state index contributed by atoms with van der Waals surface area (Å²) in [4.78, 5) is 31.3. The van der Waals surface area contributed by atoms with Gasteiger partial charge in [-0.2, -0.15) is 0 Å². The van der Waals surface area contributed by atoms with E-state index in [1.165, 1.54) is 0 Å². The van der Waals surface area contributed by atoms with E-state index in [9.17, 15) is 9.59 Å². The van der Waals surface area contributed by atoms with Gasteiger partial charge in [0.25, 0.3) is 5.91 Å². The van der Waals surface area contributed by atoms with Crippen molar-refractivity contribution >= 4 is 11.8 Å². The second-order valence-corrected chi connectivity index (χ2v) is 7.70. The van der Waals surface area contributed by atoms with Crippen LogP contribution in [-0.2, 0) is 4.79 Å². The summed E-state index contributed by atoms with van der Waals surface area (Å²) < 4.78 is 10.5. The number of hydrogen-bond acceptors (Lipinski definition) is 5. The Morgan fingerprint density at radius 2 is 1.57 bits per heavy atom. The summed E-state index contributed by atoms with van der Waals surface area (Å²) in [6.45, 7) is 7.12. The van der Waals surface area contributed by atoms with Crippen molar-refractivity contribution in [2.45, 2.75) is 19.8 Å². The van der Waals surface area contributed by atoms with Crippen LogP contribution in [0.2, 0.25) is 0 Å². The Balaban J connectivity index is 1.51. The Kier molecular flexibility index (Phi) is 6.78. The smallest absolute Gasteiger partial charge is 0.254 e. The summed E-state index contributed by atoms with van der Waals surface area (Å²) in [7, 11) is 3.13. The second kappa shape index (κ2) is 9.28. The molecule has 0 N–H and O–H groups in total. The third-order valence-electron chi connectivity index (χ3n) is 5.79. The van der Waals surface area contributed by atoms with E-state index in [1.54, 1.807) is 32.4 Å².